The van der Waals surface area contributed by atoms with Crippen LogP contribution >= 0.6 is 27.5 Å². The van der Waals surface area contributed by atoms with Crippen molar-refractivity contribution < 1.29 is 19.0 Å². The molecule has 0 bridgehead atoms. The van der Waals surface area contributed by atoms with Crippen LogP contribution in [-0.2, 0) is 9.53 Å². The van der Waals surface area contributed by atoms with E-state index in [2.05, 4.69) is 15.9 Å². The van der Waals surface area contributed by atoms with Gasteiger partial charge in [0.15, 0.2) is 11.5 Å². The summed E-state index contributed by atoms with van der Waals surface area (Å²) in [5, 5.41) is 0.499. The van der Waals surface area contributed by atoms with Crippen molar-refractivity contribution in [1.29, 1.82) is 0 Å². The van der Waals surface area contributed by atoms with Crippen LogP contribution in [0.15, 0.2) is 16.6 Å². The average Bonchev–Trinajstić information content (AvgIpc) is 2.62. The Kier molecular flexibility index (Phi) is 3.25. The molecule has 1 unspecified atom stereocenters. The highest BCUT2D eigenvalue weighted by atomic mass is 79.9. The van der Waals surface area contributed by atoms with E-state index in [1.165, 1.54) is 0 Å². The predicted molar refractivity (Wildman–Crippen MR) is 60.8 cm³/mol. The first-order chi connectivity index (χ1) is 7.61. The van der Waals surface area contributed by atoms with E-state index < -0.39 is 12.3 Å². The number of fused-ring (bicyclic) bond motifs is 1. The van der Waals surface area contributed by atoms with E-state index in [0.29, 0.717) is 21.0 Å². The van der Waals surface area contributed by atoms with Crippen molar-refractivity contribution >= 4 is 33.5 Å². The number of rotatable bonds is 2. The summed E-state index contributed by atoms with van der Waals surface area (Å²) in [6.45, 7) is 1.99. The molecule has 16 heavy (non-hydrogen) atoms. The van der Waals surface area contributed by atoms with Crippen molar-refractivity contribution in [2.45, 2.75) is 13.2 Å². The van der Waals surface area contributed by atoms with Crippen LogP contribution in [-0.4, -0.2) is 18.9 Å². The first-order valence-corrected chi connectivity index (χ1v) is 5.78. The lowest BCUT2D eigenvalue weighted by molar-refractivity contribution is -0.161. The van der Waals surface area contributed by atoms with E-state index in [4.69, 9.17) is 25.8 Å². The normalized spacial score (nSPS) is 17.3. The fourth-order valence-corrected chi connectivity index (χ4v) is 2.17. The Balaban J connectivity index is 2.21. The predicted octanol–water partition coefficient (Wildman–Crippen LogP) is 2.76. The lowest BCUT2D eigenvalue weighted by atomic mass is 10.3. The topological polar surface area (TPSA) is 44.8 Å². The lowest BCUT2D eigenvalue weighted by Gasteiger charge is -2.08. The molecule has 1 aromatic rings. The third kappa shape index (κ3) is 2.10. The second-order valence-electron chi connectivity index (χ2n) is 3.03. The Morgan fingerprint density at radius 1 is 1.56 bits per heavy atom. The molecular weight excluding hydrogens is 299 g/mol. The maximum atomic E-state index is 11.4. The number of carbonyl (C=O) groups is 1. The average molecular weight is 308 g/mol. The number of benzene rings is 1. The standard InChI is InChI=1S/C10H8BrClO4/c1-2-14-9(13)10-15-7-4-5(12)3-6(11)8(7)16-10/h3-4,10H,2H2,1H3. The molecule has 1 aliphatic rings. The van der Waals surface area contributed by atoms with Crippen molar-refractivity contribution in [3.63, 3.8) is 0 Å². The molecule has 6 heteroatoms. The van der Waals surface area contributed by atoms with Crippen LogP contribution in [0.5, 0.6) is 11.5 Å². The zero-order chi connectivity index (χ0) is 11.7. The van der Waals surface area contributed by atoms with Crippen molar-refractivity contribution in [1.82, 2.24) is 0 Å². The first-order valence-electron chi connectivity index (χ1n) is 4.61. The van der Waals surface area contributed by atoms with E-state index >= 15 is 0 Å². The minimum absolute atomic E-state index is 0.278. The SMILES string of the molecule is CCOC(=O)C1Oc2cc(Cl)cc(Br)c2O1. The third-order valence-electron chi connectivity index (χ3n) is 1.91. The summed E-state index contributed by atoms with van der Waals surface area (Å²) in [4.78, 5) is 11.4. The van der Waals surface area contributed by atoms with Gasteiger partial charge >= 0.3 is 12.3 Å². The van der Waals surface area contributed by atoms with Crippen LogP contribution in [0.3, 0.4) is 0 Å². The Bertz CT molecular complexity index is 435. The van der Waals surface area contributed by atoms with Crippen molar-refractivity contribution in [2.75, 3.05) is 6.61 Å². The molecular formula is C10H8BrClO4. The summed E-state index contributed by atoms with van der Waals surface area (Å²) in [5.41, 5.74) is 0. The van der Waals surface area contributed by atoms with Crippen LogP contribution < -0.4 is 9.47 Å². The molecule has 0 saturated carbocycles. The van der Waals surface area contributed by atoms with Crippen LogP contribution in [0.1, 0.15) is 6.92 Å². The van der Waals surface area contributed by atoms with Crippen LogP contribution in [0.25, 0.3) is 0 Å². The van der Waals surface area contributed by atoms with Gasteiger partial charge in [0.05, 0.1) is 11.1 Å². The molecule has 0 radical (unpaired) electrons. The van der Waals surface area contributed by atoms with Crippen LogP contribution in [0.2, 0.25) is 5.02 Å². The molecule has 1 atom stereocenters. The van der Waals surface area contributed by atoms with E-state index in [1.807, 2.05) is 0 Å². The van der Waals surface area contributed by atoms with E-state index in [-0.39, 0.29) is 6.61 Å². The fraction of sp³-hybridized carbons (Fsp3) is 0.300. The van der Waals surface area contributed by atoms with Crippen LogP contribution in [0.4, 0.5) is 0 Å². The summed E-state index contributed by atoms with van der Waals surface area (Å²) in [7, 11) is 0. The highest BCUT2D eigenvalue weighted by Gasteiger charge is 2.33. The van der Waals surface area contributed by atoms with Gasteiger partial charge in [-0.2, -0.15) is 0 Å². The molecule has 0 saturated heterocycles. The van der Waals surface area contributed by atoms with Crippen LogP contribution in [0, 0.1) is 0 Å². The van der Waals surface area contributed by atoms with Gasteiger partial charge in [-0.3, -0.25) is 0 Å². The molecule has 0 fully saturated rings. The highest BCUT2D eigenvalue weighted by Crippen LogP contribution is 2.43. The molecule has 1 aromatic carbocycles. The maximum Gasteiger partial charge on any atom is 0.389 e. The molecule has 4 nitrogen and oxygen atoms in total. The molecule has 2 rings (SSSR count). The van der Waals surface area contributed by atoms with Gasteiger partial charge in [0.2, 0.25) is 0 Å². The summed E-state index contributed by atoms with van der Waals surface area (Å²) in [6, 6.07) is 3.25. The van der Waals surface area contributed by atoms with E-state index in [1.54, 1.807) is 19.1 Å². The minimum Gasteiger partial charge on any atom is -0.460 e. The molecule has 1 heterocycles. The summed E-state index contributed by atoms with van der Waals surface area (Å²) < 4.78 is 16.0. The number of carbonyl (C=O) groups excluding carboxylic acids is 1. The van der Waals surface area contributed by atoms with Gasteiger partial charge in [0, 0.05) is 11.1 Å². The molecule has 1 aliphatic heterocycles. The Hall–Kier alpha value is -0.940. The number of halogens is 2. The monoisotopic (exact) mass is 306 g/mol. The number of esters is 1. The van der Waals surface area contributed by atoms with E-state index in [0.717, 1.165) is 0 Å². The highest BCUT2D eigenvalue weighted by molar-refractivity contribution is 9.10. The molecule has 0 aliphatic carbocycles. The molecule has 0 N–H and O–H groups in total. The quantitative estimate of drug-likeness (QED) is 0.788. The number of ether oxygens (including phenoxy) is 3. The largest absolute Gasteiger partial charge is 0.460 e. The molecule has 86 valence electrons. The van der Waals surface area contributed by atoms with Crippen molar-refractivity contribution in [3.8, 4) is 11.5 Å². The Morgan fingerprint density at radius 2 is 2.31 bits per heavy atom. The second-order valence-corrected chi connectivity index (χ2v) is 4.33. The van der Waals surface area contributed by atoms with Gasteiger partial charge in [-0.1, -0.05) is 11.6 Å². The summed E-state index contributed by atoms with van der Waals surface area (Å²) in [5.74, 6) is 0.335. The zero-order valence-corrected chi connectivity index (χ0v) is 10.7. The minimum atomic E-state index is -1.05. The van der Waals surface area contributed by atoms with Gasteiger partial charge in [-0.05, 0) is 28.9 Å². The first kappa shape index (κ1) is 11.5. The smallest absolute Gasteiger partial charge is 0.389 e. The van der Waals surface area contributed by atoms with Crippen molar-refractivity contribution in [2.24, 2.45) is 0 Å². The van der Waals surface area contributed by atoms with Gasteiger partial charge in [0.1, 0.15) is 0 Å². The van der Waals surface area contributed by atoms with Gasteiger partial charge < -0.3 is 14.2 Å². The lowest BCUT2D eigenvalue weighted by Crippen LogP contribution is -2.30. The molecule has 0 amide bonds. The molecule has 0 spiro atoms. The van der Waals surface area contributed by atoms with Gasteiger partial charge in [0.25, 0.3) is 0 Å². The maximum absolute atomic E-state index is 11.4. The zero-order valence-electron chi connectivity index (χ0n) is 8.33. The fourth-order valence-electron chi connectivity index (χ4n) is 1.29. The Morgan fingerprint density at radius 3 is 3.00 bits per heavy atom. The Labute approximate surface area is 106 Å². The van der Waals surface area contributed by atoms with Crippen molar-refractivity contribution in [3.05, 3.63) is 21.6 Å². The van der Waals surface area contributed by atoms with Gasteiger partial charge in [-0.15, -0.1) is 0 Å². The second kappa shape index (κ2) is 4.51. The molecule has 0 aromatic heterocycles. The summed E-state index contributed by atoms with van der Waals surface area (Å²) >= 11 is 9.11. The van der Waals surface area contributed by atoms with Gasteiger partial charge in [-0.25, -0.2) is 4.79 Å². The van der Waals surface area contributed by atoms with E-state index in [9.17, 15) is 4.79 Å². The number of hydrogen-bond donors (Lipinski definition) is 0. The number of hydrogen-bond acceptors (Lipinski definition) is 4. The third-order valence-corrected chi connectivity index (χ3v) is 2.72. The summed E-state index contributed by atoms with van der Waals surface area (Å²) in [6.07, 6.45) is -1.05.